The number of hydrogen-bond donors (Lipinski definition) is 5. The summed E-state index contributed by atoms with van der Waals surface area (Å²) < 4.78 is 27.6. The maximum atomic E-state index is 14.7. The number of nitrogens with one attached hydrogen (secondary N) is 5. The molecule has 3 aromatic heterocycles. The van der Waals surface area contributed by atoms with E-state index in [0.717, 1.165) is 37.7 Å². The Kier molecular flexibility index (Phi) is 19.1. The molecule has 0 bridgehead atoms. The van der Waals surface area contributed by atoms with Gasteiger partial charge < -0.3 is 60.2 Å². The van der Waals surface area contributed by atoms with Crippen molar-refractivity contribution >= 4 is 91.7 Å². The predicted molar refractivity (Wildman–Crippen MR) is 291 cm³/mol. The number of fused-ring (bicyclic) bond motifs is 1. The largest absolute Gasteiger partial charge is 0.377 e. The van der Waals surface area contributed by atoms with Crippen molar-refractivity contribution in [3.8, 4) is 0 Å². The van der Waals surface area contributed by atoms with Crippen molar-refractivity contribution in [2.45, 2.75) is 65.0 Å². The number of piperazine rings is 2. The molecule has 0 radical (unpaired) electrons. The number of carbonyl (C=O) groups is 6. The van der Waals surface area contributed by atoms with Crippen LogP contribution >= 0.6 is 22.9 Å². The number of halogens is 2. The van der Waals surface area contributed by atoms with Crippen molar-refractivity contribution in [3.63, 3.8) is 0 Å². The van der Waals surface area contributed by atoms with Crippen molar-refractivity contribution in [2.24, 2.45) is 13.0 Å². The second kappa shape index (κ2) is 26.0. The van der Waals surface area contributed by atoms with E-state index in [-0.39, 0.29) is 105 Å². The molecule has 3 aliphatic rings. The molecule has 77 heavy (non-hydrogen) atoms. The fraction of sp³-hybridized carbons (Fsp3) is 0.491. The SMILES string of the molecule is CNC(C)C(=O)NC(C(=O)N1CCN(C(=O)c2c(C(=O)NCCOCCOCC(=O)N3CCN(c4cc(Nc5ncc(C(=O)Nc6c(C)cccc6Cl)s5)nc(C)n4)CC3)c3cc(F)ccc3n2C)CC1)C1CCCCC1. The van der Waals surface area contributed by atoms with Gasteiger partial charge in [0.2, 0.25) is 17.7 Å². The van der Waals surface area contributed by atoms with Crippen molar-refractivity contribution in [1.29, 1.82) is 0 Å². The molecule has 3 fully saturated rings. The van der Waals surface area contributed by atoms with Crippen LogP contribution < -0.4 is 31.5 Å². The van der Waals surface area contributed by atoms with Crippen LogP contribution in [0.5, 0.6) is 0 Å². The molecule has 6 amide bonds. The molecular weight excluding hydrogens is 1030 g/mol. The van der Waals surface area contributed by atoms with Crippen LogP contribution in [0.3, 0.4) is 0 Å². The molecular formula is C53H67ClFN13O8S. The molecule has 1 aliphatic carbocycles. The fourth-order valence-electron chi connectivity index (χ4n) is 9.90. The monoisotopic (exact) mass is 1100 g/mol. The lowest BCUT2D eigenvalue weighted by atomic mass is 9.83. The number of anilines is 4. The number of hydrogen-bond acceptors (Lipinski definition) is 15. The summed E-state index contributed by atoms with van der Waals surface area (Å²) in [5.41, 5.74) is 2.03. The second-order valence-electron chi connectivity index (χ2n) is 19.4. The van der Waals surface area contributed by atoms with Gasteiger partial charge in [0.15, 0.2) is 5.13 Å². The molecule has 5 N–H and O–H groups in total. The zero-order chi connectivity index (χ0) is 54.8. The quantitative estimate of drug-likeness (QED) is 0.0653. The summed E-state index contributed by atoms with van der Waals surface area (Å²) in [7, 11) is 3.36. The Labute approximate surface area is 455 Å². The number of aromatic nitrogens is 4. The lowest BCUT2D eigenvalue weighted by Crippen LogP contribution is -2.59. The number of likely N-dealkylation sites (N-methyl/N-ethyl adjacent to an activating group) is 1. The summed E-state index contributed by atoms with van der Waals surface area (Å²) in [5, 5.41) is 16.0. The first-order valence-corrected chi connectivity index (χ1v) is 27.2. The number of para-hydroxylation sites is 1. The van der Waals surface area contributed by atoms with E-state index in [2.05, 4.69) is 46.4 Å². The lowest BCUT2D eigenvalue weighted by Gasteiger charge is -2.39. The van der Waals surface area contributed by atoms with Gasteiger partial charge in [0.05, 0.1) is 48.3 Å². The van der Waals surface area contributed by atoms with Crippen molar-refractivity contribution in [3.05, 3.63) is 87.0 Å². The third kappa shape index (κ3) is 13.9. The van der Waals surface area contributed by atoms with Crippen LogP contribution in [0.2, 0.25) is 5.02 Å². The van der Waals surface area contributed by atoms with Crippen LogP contribution in [-0.4, -0.2) is 174 Å². The van der Waals surface area contributed by atoms with Gasteiger partial charge in [0, 0.05) is 82.9 Å². The van der Waals surface area contributed by atoms with Crippen LogP contribution in [0.1, 0.15) is 80.9 Å². The van der Waals surface area contributed by atoms with E-state index in [0.29, 0.717) is 69.9 Å². The van der Waals surface area contributed by atoms with Gasteiger partial charge in [-0.25, -0.2) is 19.3 Å². The average Bonchev–Trinajstić information content (AvgIpc) is 4.02. The average molecular weight is 1100 g/mol. The Morgan fingerprint density at radius 3 is 2.30 bits per heavy atom. The molecule has 2 aromatic carbocycles. The molecule has 21 nitrogen and oxygen atoms in total. The normalized spacial score (nSPS) is 16.0. The first kappa shape index (κ1) is 56.4. The number of rotatable bonds is 20. The highest BCUT2D eigenvalue weighted by Crippen LogP contribution is 2.32. The smallest absolute Gasteiger partial charge is 0.271 e. The minimum absolute atomic E-state index is 0.0298. The van der Waals surface area contributed by atoms with E-state index in [1.54, 1.807) is 59.3 Å². The highest BCUT2D eigenvalue weighted by molar-refractivity contribution is 7.17. The zero-order valence-corrected chi connectivity index (χ0v) is 45.7. The Bertz CT molecular complexity index is 2930. The highest BCUT2D eigenvalue weighted by atomic mass is 35.5. The third-order valence-corrected chi connectivity index (χ3v) is 15.5. The summed E-state index contributed by atoms with van der Waals surface area (Å²) in [4.78, 5) is 102. The minimum atomic E-state index is -0.658. The Morgan fingerprint density at radius 2 is 1.57 bits per heavy atom. The van der Waals surface area contributed by atoms with Crippen LogP contribution in [0, 0.1) is 25.6 Å². The standard InChI is InChI=1S/C53H67ClFN13O8S/c1-32-10-9-13-38(54)45(32)62-49(71)40-30-58-53(77-40)61-41-29-42(60-34(3)59-41)65-17-19-66(20-18-65)43(69)31-76-27-26-75-25-16-57-50(72)44-37-28-36(55)14-15-39(37)64(5)47(44)52(74)68-23-21-67(22-24-68)51(73)46(35-11-7-6-8-12-35)63-48(70)33(2)56-4/h9-10,13-15,28-30,33,35,46,56H,6-8,11-12,16-27,31H2,1-5H3,(H,57,72)(H,62,71)(H,63,70)(H,58,59,60,61). The number of carbonyl (C=O) groups excluding carboxylic acids is 6. The molecule has 2 aliphatic heterocycles. The van der Waals surface area contributed by atoms with E-state index in [9.17, 15) is 33.2 Å². The predicted octanol–water partition coefficient (Wildman–Crippen LogP) is 4.90. The van der Waals surface area contributed by atoms with Crippen molar-refractivity contribution in [1.82, 2.24) is 50.2 Å². The zero-order valence-electron chi connectivity index (χ0n) is 44.1. The Balaban J connectivity index is 0.762. The first-order valence-electron chi connectivity index (χ1n) is 26.0. The van der Waals surface area contributed by atoms with Crippen LogP contribution in [0.25, 0.3) is 10.9 Å². The number of benzene rings is 2. The maximum Gasteiger partial charge on any atom is 0.271 e. The molecule has 0 spiro atoms. The summed E-state index contributed by atoms with van der Waals surface area (Å²) >= 11 is 7.48. The first-order chi connectivity index (χ1) is 37.1. The summed E-state index contributed by atoms with van der Waals surface area (Å²) in [6.45, 7) is 8.60. The van der Waals surface area contributed by atoms with E-state index in [4.69, 9.17) is 21.1 Å². The Morgan fingerprint density at radius 1 is 0.857 bits per heavy atom. The van der Waals surface area contributed by atoms with Crippen LogP contribution in [0.4, 0.5) is 26.8 Å². The molecule has 412 valence electrons. The fourth-order valence-corrected chi connectivity index (χ4v) is 10.9. The van der Waals surface area contributed by atoms with Gasteiger partial charge in [-0.2, -0.15) is 0 Å². The number of thiazole rings is 1. The number of amides is 6. The van der Waals surface area contributed by atoms with E-state index >= 15 is 0 Å². The van der Waals surface area contributed by atoms with Gasteiger partial charge in [-0.3, -0.25) is 28.8 Å². The van der Waals surface area contributed by atoms with Gasteiger partial charge >= 0.3 is 0 Å². The van der Waals surface area contributed by atoms with Crippen molar-refractivity contribution < 1.29 is 42.6 Å². The van der Waals surface area contributed by atoms with Gasteiger partial charge in [-0.05, 0) is 76.4 Å². The second-order valence-corrected chi connectivity index (χ2v) is 20.9. The lowest BCUT2D eigenvalue weighted by molar-refractivity contribution is -0.140. The van der Waals surface area contributed by atoms with Crippen LogP contribution in [0.15, 0.2) is 48.7 Å². The van der Waals surface area contributed by atoms with Gasteiger partial charge in [0.1, 0.15) is 46.5 Å². The molecule has 1 saturated carbocycles. The molecule has 2 saturated heterocycles. The highest BCUT2D eigenvalue weighted by Gasteiger charge is 2.38. The number of nitrogens with zero attached hydrogens (tertiary/aromatic N) is 8. The summed E-state index contributed by atoms with van der Waals surface area (Å²) in [5.74, 6) is -0.687. The number of ether oxygens (including phenoxy) is 2. The molecule has 5 aromatic rings. The van der Waals surface area contributed by atoms with Gasteiger partial charge in [-0.1, -0.05) is 54.3 Å². The molecule has 2 atom stereocenters. The van der Waals surface area contributed by atoms with E-state index < -0.39 is 29.7 Å². The number of aryl methyl sites for hydroxylation is 3. The molecule has 2 unspecified atom stereocenters. The maximum absolute atomic E-state index is 14.7. The van der Waals surface area contributed by atoms with Gasteiger partial charge in [0.25, 0.3) is 17.7 Å². The molecule has 8 rings (SSSR count). The molecule has 5 heterocycles. The van der Waals surface area contributed by atoms with E-state index in [1.165, 1.54) is 35.7 Å². The topological polar surface area (TPSA) is 238 Å². The minimum Gasteiger partial charge on any atom is -0.377 e. The molecule has 24 heteroatoms. The van der Waals surface area contributed by atoms with Crippen molar-refractivity contribution in [2.75, 3.05) is 108 Å². The summed E-state index contributed by atoms with van der Waals surface area (Å²) in [6.07, 6.45) is 6.29. The Hall–Kier alpha value is -6.79. The van der Waals surface area contributed by atoms with Crippen LogP contribution in [-0.2, 0) is 30.9 Å². The third-order valence-electron chi connectivity index (χ3n) is 14.3. The van der Waals surface area contributed by atoms with E-state index in [1.807, 2.05) is 19.1 Å². The summed E-state index contributed by atoms with van der Waals surface area (Å²) in [6, 6.07) is 10.1. The van der Waals surface area contributed by atoms with Gasteiger partial charge in [-0.15, -0.1) is 0 Å².